The van der Waals surface area contributed by atoms with E-state index >= 15 is 0 Å². The van der Waals surface area contributed by atoms with E-state index in [9.17, 15) is 0 Å². The third kappa shape index (κ3) is 5.03. The Morgan fingerprint density at radius 1 is 1.19 bits per heavy atom. The van der Waals surface area contributed by atoms with Gasteiger partial charge in [-0.1, -0.05) is 49.7 Å². The van der Waals surface area contributed by atoms with E-state index < -0.39 is 0 Å². The highest BCUT2D eigenvalue weighted by atomic mass is 79.9. The minimum absolute atomic E-state index is 0.435. The molecule has 2 nitrogen and oxygen atoms in total. The van der Waals surface area contributed by atoms with Gasteiger partial charge in [-0.05, 0) is 39.7 Å². The molecule has 0 aromatic heterocycles. The van der Waals surface area contributed by atoms with Crippen LogP contribution < -0.4 is 10.1 Å². The molecule has 0 unspecified atom stereocenters. The van der Waals surface area contributed by atoms with Gasteiger partial charge in [0.05, 0.1) is 4.47 Å². The second kappa shape index (κ2) is 7.83. The molecular weight excluding hydrogens is 350 g/mol. The largest absolute Gasteiger partial charge is 0.487 e. The minimum Gasteiger partial charge on any atom is -0.487 e. The molecule has 21 heavy (non-hydrogen) atoms. The average Bonchev–Trinajstić information content (AvgIpc) is 2.44. The van der Waals surface area contributed by atoms with E-state index in [1.807, 2.05) is 36.4 Å². The van der Waals surface area contributed by atoms with Gasteiger partial charge < -0.3 is 10.1 Å². The third-order valence-corrected chi connectivity index (χ3v) is 3.88. The molecule has 0 amide bonds. The number of rotatable bonds is 6. The van der Waals surface area contributed by atoms with Crippen LogP contribution in [-0.2, 0) is 13.2 Å². The molecule has 0 atom stereocenters. The van der Waals surface area contributed by atoms with Crippen LogP contribution in [-0.4, -0.2) is 6.04 Å². The van der Waals surface area contributed by atoms with E-state index in [0.29, 0.717) is 12.6 Å². The molecule has 0 bridgehead atoms. The second-order valence-corrected chi connectivity index (χ2v) is 6.47. The van der Waals surface area contributed by atoms with Crippen molar-refractivity contribution in [2.24, 2.45) is 0 Å². The molecule has 0 radical (unpaired) electrons. The lowest BCUT2D eigenvalue weighted by Gasteiger charge is -2.15. The summed E-state index contributed by atoms with van der Waals surface area (Å²) in [7, 11) is 0. The number of ether oxygens (including phenoxy) is 1. The van der Waals surface area contributed by atoms with Crippen molar-refractivity contribution in [2.45, 2.75) is 33.0 Å². The lowest BCUT2D eigenvalue weighted by molar-refractivity contribution is 0.300. The Morgan fingerprint density at radius 2 is 1.95 bits per heavy atom. The van der Waals surface area contributed by atoms with E-state index in [-0.39, 0.29) is 0 Å². The Balaban J connectivity index is 2.11. The summed E-state index contributed by atoms with van der Waals surface area (Å²) in [4.78, 5) is 0. The molecule has 0 aliphatic carbocycles. The van der Waals surface area contributed by atoms with Crippen LogP contribution in [0.3, 0.4) is 0 Å². The zero-order valence-corrected chi connectivity index (χ0v) is 14.5. The van der Waals surface area contributed by atoms with Crippen LogP contribution >= 0.6 is 27.5 Å². The van der Waals surface area contributed by atoms with Crippen molar-refractivity contribution in [3.8, 4) is 5.75 Å². The van der Waals surface area contributed by atoms with E-state index in [1.165, 1.54) is 0 Å². The monoisotopic (exact) mass is 367 g/mol. The lowest BCUT2D eigenvalue weighted by Crippen LogP contribution is -2.22. The first kappa shape index (κ1) is 16.3. The normalized spacial score (nSPS) is 10.9. The van der Waals surface area contributed by atoms with Crippen molar-refractivity contribution in [1.82, 2.24) is 5.32 Å². The number of benzene rings is 2. The first-order valence-corrected chi connectivity index (χ1v) is 8.11. The molecule has 0 fully saturated rings. The molecule has 0 saturated heterocycles. The molecule has 4 heteroatoms. The summed E-state index contributed by atoms with van der Waals surface area (Å²) in [6.07, 6.45) is 0. The molecule has 2 aromatic rings. The highest BCUT2D eigenvalue weighted by Crippen LogP contribution is 2.30. The van der Waals surface area contributed by atoms with Gasteiger partial charge in [0.15, 0.2) is 0 Å². The van der Waals surface area contributed by atoms with Gasteiger partial charge in [0.25, 0.3) is 0 Å². The van der Waals surface area contributed by atoms with Crippen LogP contribution in [0.5, 0.6) is 5.75 Å². The summed E-state index contributed by atoms with van der Waals surface area (Å²) in [5, 5.41) is 4.14. The number of hydrogen-bond acceptors (Lipinski definition) is 2. The average molecular weight is 369 g/mol. The SMILES string of the molecule is CC(C)NCc1cccc(Br)c1OCc1cccc(Cl)c1. The molecule has 1 N–H and O–H groups in total. The number of para-hydroxylation sites is 1. The van der Waals surface area contributed by atoms with Gasteiger partial charge in [-0.3, -0.25) is 0 Å². The summed E-state index contributed by atoms with van der Waals surface area (Å²) in [5.41, 5.74) is 2.20. The Morgan fingerprint density at radius 3 is 2.67 bits per heavy atom. The molecule has 2 rings (SSSR count). The fourth-order valence-corrected chi connectivity index (χ4v) is 2.69. The summed E-state index contributed by atoms with van der Waals surface area (Å²) in [6, 6.07) is 14.3. The van der Waals surface area contributed by atoms with Crippen LogP contribution in [0.15, 0.2) is 46.9 Å². The van der Waals surface area contributed by atoms with Crippen molar-refractivity contribution >= 4 is 27.5 Å². The van der Waals surface area contributed by atoms with Gasteiger partial charge in [0.2, 0.25) is 0 Å². The number of halogens is 2. The Kier molecular flexibility index (Phi) is 6.09. The predicted octanol–water partition coefficient (Wildman–Crippen LogP) is 5.18. The summed E-state index contributed by atoms with van der Waals surface area (Å²) >= 11 is 9.56. The molecule has 112 valence electrons. The highest BCUT2D eigenvalue weighted by molar-refractivity contribution is 9.10. The summed E-state index contributed by atoms with van der Waals surface area (Å²) in [5.74, 6) is 0.880. The van der Waals surface area contributed by atoms with E-state index in [2.05, 4.69) is 41.2 Å². The van der Waals surface area contributed by atoms with Crippen molar-refractivity contribution in [1.29, 1.82) is 0 Å². The smallest absolute Gasteiger partial charge is 0.138 e. The van der Waals surface area contributed by atoms with Gasteiger partial charge in [-0.25, -0.2) is 0 Å². The van der Waals surface area contributed by atoms with Gasteiger partial charge in [-0.15, -0.1) is 0 Å². The van der Waals surface area contributed by atoms with Crippen LogP contribution in [0.2, 0.25) is 5.02 Å². The molecule has 0 spiro atoms. The minimum atomic E-state index is 0.435. The van der Waals surface area contributed by atoms with Gasteiger partial charge >= 0.3 is 0 Å². The Hall–Kier alpha value is -1.03. The van der Waals surface area contributed by atoms with Crippen molar-refractivity contribution < 1.29 is 4.74 Å². The Bertz CT molecular complexity index is 601. The predicted molar refractivity (Wildman–Crippen MR) is 91.9 cm³/mol. The molecule has 0 saturated carbocycles. The molecular formula is C17H19BrClNO. The van der Waals surface area contributed by atoms with Crippen molar-refractivity contribution in [3.63, 3.8) is 0 Å². The highest BCUT2D eigenvalue weighted by Gasteiger charge is 2.09. The molecule has 0 heterocycles. The Labute approximate surface area is 139 Å². The molecule has 0 aliphatic heterocycles. The first-order chi connectivity index (χ1) is 10.1. The number of hydrogen-bond donors (Lipinski definition) is 1. The maximum atomic E-state index is 6.00. The summed E-state index contributed by atoms with van der Waals surface area (Å²) < 4.78 is 6.96. The zero-order chi connectivity index (χ0) is 15.2. The number of nitrogens with one attached hydrogen (secondary N) is 1. The zero-order valence-electron chi connectivity index (χ0n) is 12.2. The van der Waals surface area contributed by atoms with Crippen molar-refractivity contribution in [3.05, 3.63) is 63.1 Å². The maximum Gasteiger partial charge on any atom is 0.138 e. The summed E-state index contributed by atoms with van der Waals surface area (Å²) in [6.45, 7) is 5.54. The standard InChI is InChI=1S/C17H19BrClNO/c1-12(2)20-10-14-6-4-8-16(18)17(14)21-11-13-5-3-7-15(19)9-13/h3-9,12,20H,10-11H2,1-2H3. The van der Waals surface area contributed by atoms with Gasteiger partial charge in [0, 0.05) is 23.2 Å². The van der Waals surface area contributed by atoms with Gasteiger partial charge in [0.1, 0.15) is 12.4 Å². The van der Waals surface area contributed by atoms with E-state index in [1.54, 1.807) is 0 Å². The van der Waals surface area contributed by atoms with Crippen LogP contribution in [0, 0.1) is 0 Å². The van der Waals surface area contributed by atoms with Crippen LogP contribution in [0.1, 0.15) is 25.0 Å². The molecule has 0 aliphatic rings. The van der Waals surface area contributed by atoms with E-state index in [4.69, 9.17) is 16.3 Å². The topological polar surface area (TPSA) is 21.3 Å². The fourth-order valence-electron chi connectivity index (χ4n) is 1.95. The third-order valence-electron chi connectivity index (χ3n) is 3.02. The van der Waals surface area contributed by atoms with Crippen molar-refractivity contribution in [2.75, 3.05) is 0 Å². The fraction of sp³-hybridized carbons (Fsp3) is 0.294. The van der Waals surface area contributed by atoms with Crippen LogP contribution in [0.4, 0.5) is 0 Å². The van der Waals surface area contributed by atoms with E-state index in [0.717, 1.165) is 32.9 Å². The lowest BCUT2D eigenvalue weighted by atomic mass is 10.2. The maximum absolute atomic E-state index is 6.00. The van der Waals surface area contributed by atoms with Crippen LogP contribution in [0.25, 0.3) is 0 Å². The first-order valence-electron chi connectivity index (χ1n) is 6.94. The van der Waals surface area contributed by atoms with Gasteiger partial charge in [-0.2, -0.15) is 0 Å². The quantitative estimate of drug-likeness (QED) is 0.758. The second-order valence-electron chi connectivity index (χ2n) is 5.18. The molecule has 2 aromatic carbocycles.